The Morgan fingerprint density at radius 2 is 2.05 bits per heavy atom. The highest BCUT2D eigenvalue weighted by molar-refractivity contribution is 7.09. The molecule has 0 aliphatic rings. The molecule has 1 aromatic carbocycles. The van der Waals surface area contributed by atoms with E-state index in [0.717, 1.165) is 23.1 Å². The first-order valence-electron chi connectivity index (χ1n) is 6.05. The minimum absolute atomic E-state index is 0.0253. The minimum Gasteiger partial charge on any atom is -0.325 e. The van der Waals surface area contributed by atoms with Crippen LogP contribution >= 0.6 is 22.9 Å². The Balaban J connectivity index is 2.03. The molecule has 1 heterocycles. The van der Waals surface area contributed by atoms with Gasteiger partial charge in [0.2, 0.25) is 5.91 Å². The summed E-state index contributed by atoms with van der Waals surface area (Å²) < 4.78 is 37.8. The van der Waals surface area contributed by atoms with Gasteiger partial charge in [-0.3, -0.25) is 4.79 Å². The molecule has 21 heavy (non-hydrogen) atoms. The van der Waals surface area contributed by atoms with Crippen molar-refractivity contribution in [3.05, 3.63) is 51.2 Å². The van der Waals surface area contributed by atoms with Crippen LogP contribution in [0.4, 0.5) is 18.9 Å². The average molecular weight is 334 g/mol. The summed E-state index contributed by atoms with van der Waals surface area (Å²) in [5, 5.41) is 4.39. The van der Waals surface area contributed by atoms with Crippen molar-refractivity contribution in [2.75, 3.05) is 5.32 Å². The van der Waals surface area contributed by atoms with Crippen LogP contribution in [0.5, 0.6) is 0 Å². The molecular weight excluding hydrogens is 323 g/mol. The number of halogens is 4. The number of hydrogen-bond donors (Lipinski definition) is 1. The van der Waals surface area contributed by atoms with Crippen molar-refractivity contribution in [2.24, 2.45) is 0 Å². The maximum atomic E-state index is 12.6. The summed E-state index contributed by atoms with van der Waals surface area (Å²) in [7, 11) is 0. The van der Waals surface area contributed by atoms with Gasteiger partial charge in [-0.1, -0.05) is 17.7 Å². The van der Waals surface area contributed by atoms with E-state index in [0.29, 0.717) is 6.42 Å². The van der Waals surface area contributed by atoms with Gasteiger partial charge < -0.3 is 5.32 Å². The number of thiophene rings is 1. The van der Waals surface area contributed by atoms with Crippen LogP contribution in [-0.4, -0.2) is 5.91 Å². The summed E-state index contributed by atoms with van der Waals surface area (Å²) in [6.07, 6.45) is -3.74. The van der Waals surface area contributed by atoms with Crippen molar-refractivity contribution in [1.82, 2.24) is 0 Å². The maximum Gasteiger partial charge on any atom is 0.416 e. The van der Waals surface area contributed by atoms with E-state index in [1.807, 2.05) is 17.5 Å². The van der Waals surface area contributed by atoms with E-state index >= 15 is 0 Å². The van der Waals surface area contributed by atoms with E-state index in [-0.39, 0.29) is 23.0 Å². The third-order valence-corrected chi connectivity index (χ3v) is 4.01. The van der Waals surface area contributed by atoms with Gasteiger partial charge >= 0.3 is 6.18 Å². The molecule has 2 nitrogen and oxygen atoms in total. The molecular formula is C14H11ClF3NOS. The highest BCUT2D eigenvalue weighted by atomic mass is 35.5. The molecule has 1 aromatic heterocycles. The van der Waals surface area contributed by atoms with Crippen LogP contribution in [0.25, 0.3) is 0 Å². The smallest absolute Gasteiger partial charge is 0.325 e. The van der Waals surface area contributed by atoms with Crippen LogP contribution in [0.15, 0.2) is 35.7 Å². The van der Waals surface area contributed by atoms with Gasteiger partial charge in [-0.25, -0.2) is 0 Å². The van der Waals surface area contributed by atoms with E-state index in [1.165, 1.54) is 11.3 Å². The van der Waals surface area contributed by atoms with Gasteiger partial charge in [-0.05, 0) is 36.1 Å². The number of alkyl halides is 3. The van der Waals surface area contributed by atoms with Crippen LogP contribution in [0.2, 0.25) is 5.02 Å². The molecule has 7 heteroatoms. The topological polar surface area (TPSA) is 29.1 Å². The number of carbonyl (C=O) groups is 1. The van der Waals surface area contributed by atoms with E-state index in [9.17, 15) is 18.0 Å². The molecule has 112 valence electrons. The molecule has 0 fully saturated rings. The second kappa shape index (κ2) is 6.49. The molecule has 0 saturated carbocycles. The number of hydrogen-bond acceptors (Lipinski definition) is 2. The first-order valence-corrected chi connectivity index (χ1v) is 7.31. The number of carbonyl (C=O) groups excluding carboxylic acids is 1. The largest absolute Gasteiger partial charge is 0.416 e. The zero-order valence-electron chi connectivity index (χ0n) is 10.7. The predicted octanol–water partition coefficient (Wildman–Crippen LogP) is 4.99. The van der Waals surface area contributed by atoms with E-state index < -0.39 is 11.7 Å². The summed E-state index contributed by atoms with van der Waals surface area (Å²) in [4.78, 5) is 12.8. The second-order valence-electron chi connectivity index (χ2n) is 4.32. The SMILES string of the molecule is O=C(CCc1cccs1)Nc1cc(C(F)(F)F)ccc1Cl. The Kier molecular flexibility index (Phi) is 4.90. The first kappa shape index (κ1) is 15.9. The molecule has 2 aromatic rings. The van der Waals surface area contributed by atoms with E-state index in [1.54, 1.807) is 0 Å². The summed E-state index contributed by atoms with van der Waals surface area (Å²) >= 11 is 7.34. The Hall–Kier alpha value is -1.53. The molecule has 0 unspecified atom stereocenters. The highest BCUT2D eigenvalue weighted by Gasteiger charge is 2.31. The third-order valence-electron chi connectivity index (χ3n) is 2.75. The fourth-order valence-corrected chi connectivity index (χ4v) is 2.58. The molecule has 0 saturated heterocycles. The Morgan fingerprint density at radius 3 is 2.67 bits per heavy atom. The zero-order chi connectivity index (χ0) is 15.5. The molecule has 2 rings (SSSR count). The van der Waals surface area contributed by atoms with Gasteiger partial charge in [-0.2, -0.15) is 13.2 Å². The van der Waals surface area contributed by atoms with Crippen LogP contribution in [-0.2, 0) is 17.4 Å². The second-order valence-corrected chi connectivity index (χ2v) is 5.76. The van der Waals surface area contributed by atoms with E-state index in [2.05, 4.69) is 5.32 Å². The van der Waals surface area contributed by atoms with Gasteiger partial charge in [0.05, 0.1) is 16.3 Å². The lowest BCUT2D eigenvalue weighted by Crippen LogP contribution is -2.13. The Labute approximate surface area is 128 Å². The summed E-state index contributed by atoms with van der Waals surface area (Å²) in [5.74, 6) is -0.371. The van der Waals surface area contributed by atoms with Crippen LogP contribution in [0, 0.1) is 0 Å². The van der Waals surface area contributed by atoms with Crippen molar-refractivity contribution in [3.8, 4) is 0 Å². The third kappa shape index (κ3) is 4.47. The lowest BCUT2D eigenvalue weighted by atomic mass is 10.2. The normalized spacial score (nSPS) is 11.4. The molecule has 0 radical (unpaired) electrons. The van der Waals surface area contributed by atoms with Crippen molar-refractivity contribution < 1.29 is 18.0 Å². The average Bonchev–Trinajstić information content (AvgIpc) is 2.91. The number of anilines is 1. The molecule has 0 bridgehead atoms. The lowest BCUT2D eigenvalue weighted by molar-refractivity contribution is -0.137. The van der Waals surface area contributed by atoms with Crippen molar-refractivity contribution in [1.29, 1.82) is 0 Å². The van der Waals surface area contributed by atoms with Crippen LogP contribution in [0.3, 0.4) is 0 Å². The first-order chi connectivity index (χ1) is 9.86. The number of benzene rings is 1. The molecule has 0 aliphatic heterocycles. The van der Waals surface area contributed by atoms with Gasteiger partial charge in [0.25, 0.3) is 0 Å². The van der Waals surface area contributed by atoms with Crippen LogP contribution in [0.1, 0.15) is 16.9 Å². The standard InChI is InChI=1S/C14H11ClF3NOS/c15-11-5-3-9(14(16,17)18)8-12(11)19-13(20)6-4-10-2-1-7-21-10/h1-3,5,7-8H,4,6H2,(H,19,20). The highest BCUT2D eigenvalue weighted by Crippen LogP contribution is 2.33. The molecule has 0 aliphatic carbocycles. The molecule has 0 spiro atoms. The van der Waals surface area contributed by atoms with Gasteiger partial charge in [0.1, 0.15) is 0 Å². The van der Waals surface area contributed by atoms with Gasteiger partial charge in [-0.15, -0.1) is 11.3 Å². The van der Waals surface area contributed by atoms with Crippen molar-refractivity contribution in [3.63, 3.8) is 0 Å². The summed E-state index contributed by atoms with van der Waals surface area (Å²) in [6.45, 7) is 0. The number of nitrogens with one attached hydrogen (secondary N) is 1. The summed E-state index contributed by atoms with van der Waals surface area (Å²) in [5.41, 5.74) is -0.872. The van der Waals surface area contributed by atoms with Crippen LogP contribution < -0.4 is 5.32 Å². The predicted molar refractivity (Wildman–Crippen MR) is 77.7 cm³/mol. The zero-order valence-corrected chi connectivity index (χ0v) is 12.3. The Morgan fingerprint density at radius 1 is 1.29 bits per heavy atom. The van der Waals surface area contributed by atoms with Gasteiger partial charge in [0.15, 0.2) is 0 Å². The molecule has 0 atom stereocenters. The number of aryl methyl sites for hydroxylation is 1. The molecule has 1 amide bonds. The lowest BCUT2D eigenvalue weighted by Gasteiger charge is -2.11. The fourth-order valence-electron chi connectivity index (χ4n) is 1.70. The van der Waals surface area contributed by atoms with Gasteiger partial charge in [0, 0.05) is 11.3 Å². The monoisotopic (exact) mass is 333 g/mol. The Bertz CT molecular complexity index is 626. The van der Waals surface area contributed by atoms with Crippen molar-refractivity contribution in [2.45, 2.75) is 19.0 Å². The number of amides is 1. The number of rotatable bonds is 4. The minimum atomic E-state index is -4.47. The molecule has 1 N–H and O–H groups in total. The maximum absolute atomic E-state index is 12.6. The summed E-state index contributed by atoms with van der Waals surface area (Å²) in [6, 6.07) is 6.62. The fraction of sp³-hybridized carbons (Fsp3) is 0.214. The van der Waals surface area contributed by atoms with E-state index in [4.69, 9.17) is 11.6 Å². The quantitative estimate of drug-likeness (QED) is 0.839. The van der Waals surface area contributed by atoms with Crippen molar-refractivity contribution >= 4 is 34.5 Å².